The molecule has 1 aromatic heterocycles. The summed E-state index contributed by atoms with van der Waals surface area (Å²) in [6, 6.07) is 10.9. The van der Waals surface area contributed by atoms with Gasteiger partial charge in [-0.1, -0.05) is 18.2 Å². The van der Waals surface area contributed by atoms with Gasteiger partial charge >= 0.3 is 0 Å². The number of hydrogen-bond donors (Lipinski definition) is 0. The van der Waals surface area contributed by atoms with Gasteiger partial charge in [0.15, 0.2) is 5.78 Å². The number of aromatic nitrogens is 2. The number of fused-ring (bicyclic) bond motifs is 1. The van der Waals surface area contributed by atoms with Crippen LogP contribution in [0.2, 0.25) is 0 Å². The molecule has 3 heterocycles. The Bertz CT molecular complexity index is 1270. The van der Waals surface area contributed by atoms with E-state index in [0.29, 0.717) is 30.8 Å². The van der Waals surface area contributed by atoms with Crippen LogP contribution < -0.4 is 4.74 Å². The van der Waals surface area contributed by atoms with E-state index in [-0.39, 0.29) is 17.5 Å². The van der Waals surface area contributed by atoms with Gasteiger partial charge in [-0.05, 0) is 56.0 Å². The molecule has 0 radical (unpaired) electrons. The lowest BCUT2D eigenvalue weighted by molar-refractivity contribution is 0.0911. The molecule has 6 nitrogen and oxygen atoms in total. The molecule has 2 aromatic carbocycles. The fraction of sp³-hybridized carbons (Fsp3) is 0.393. The highest BCUT2D eigenvalue weighted by Gasteiger charge is 2.26. The van der Waals surface area contributed by atoms with E-state index >= 15 is 0 Å². The Morgan fingerprint density at radius 1 is 1.26 bits per heavy atom. The Morgan fingerprint density at radius 3 is 2.94 bits per heavy atom. The Kier molecular flexibility index (Phi) is 6.77. The number of likely N-dealkylation sites (tertiary alicyclic amines) is 1. The molecule has 2 aliphatic heterocycles. The molecule has 35 heavy (non-hydrogen) atoms. The van der Waals surface area contributed by atoms with Crippen molar-refractivity contribution >= 4 is 11.5 Å². The number of hydrogen-bond acceptors (Lipinski definition) is 5. The molecule has 3 aromatic rings. The summed E-state index contributed by atoms with van der Waals surface area (Å²) in [7, 11) is 1.57. The Hall–Kier alpha value is -3.32. The second-order valence-electron chi connectivity index (χ2n) is 9.41. The van der Waals surface area contributed by atoms with Crippen LogP contribution in [0.3, 0.4) is 0 Å². The van der Waals surface area contributed by atoms with Crippen LogP contribution in [0.1, 0.15) is 58.8 Å². The maximum Gasteiger partial charge on any atom is 0.163 e. The normalized spacial score (nSPS) is 17.8. The topological polar surface area (TPSA) is 59.7 Å². The zero-order valence-corrected chi connectivity index (χ0v) is 20.3. The number of methoxy groups -OCH3 is 1. The van der Waals surface area contributed by atoms with Crippen molar-refractivity contribution in [3.8, 4) is 5.75 Å². The number of Topliss-reactive ketones (excluding diaryl/α,β-unsaturated/α-hetero) is 1. The highest BCUT2D eigenvalue weighted by molar-refractivity contribution is 6.15. The Labute approximate surface area is 205 Å². The molecule has 0 saturated carbocycles. The van der Waals surface area contributed by atoms with Crippen LogP contribution in [0, 0.1) is 11.7 Å². The minimum absolute atomic E-state index is 0.152. The van der Waals surface area contributed by atoms with E-state index in [1.165, 1.54) is 6.07 Å². The fourth-order valence-corrected chi connectivity index (χ4v) is 5.21. The van der Waals surface area contributed by atoms with Crippen molar-refractivity contribution in [1.29, 1.82) is 0 Å². The van der Waals surface area contributed by atoms with Crippen molar-refractivity contribution in [2.75, 3.05) is 20.2 Å². The summed E-state index contributed by atoms with van der Waals surface area (Å²) in [6.07, 6.45) is 6.34. The molecule has 1 fully saturated rings. The number of nitrogens with zero attached hydrogens (tertiary/aromatic N) is 4. The van der Waals surface area contributed by atoms with Crippen molar-refractivity contribution < 1.29 is 13.9 Å². The van der Waals surface area contributed by atoms with E-state index in [1.54, 1.807) is 19.2 Å². The van der Waals surface area contributed by atoms with Crippen molar-refractivity contribution in [1.82, 2.24) is 14.7 Å². The van der Waals surface area contributed by atoms with Gasteiger partial charge in [0, 0.05) is 54.5 Å². The van der Waals surface area contributed by atoms with Gasteiger partial charge in [-0.2, -0.15) is 5.10 Å². The van der Waals surface area contributed by atoms with E-state index in [1.807, 2.05) is 35.3 Å². The quantitative estimate of drug-likeness (QED) is 0.437. The number of carbonyl (C=O) groups excluding carboxylic acids is 1. The zero-order chi connectivity index (χ0) is 24.4. The first-order valence-corrected chi connectivity index (χ1v) is 12.3. The number of benzene rings is 2. The SMILES string of the molecule is CCn1cc(C2=NCc3ccc(C(=O)C[C@@H]4CCCN(Cc5c(F)cccc5OC)C4)cc32)cn1. The molecule has 1 saturated heterocycles. The van der Waals surface area contributed by atoms with Crippen molar-refractivity contribution in [3.05, 3.63) is 82.4 Å². The van der Waals surface area contributed by atoms with E-state index in [9.17, 15) is 9.18 Å². The zero-order valence-electron chi connectivity index (χ0n) is 20.3. The number of aliphatic imine (C=N–C) groups is 1. The van der Waals surface area contributed by atoms with Gasteiger partial charge in [0.1, 0.15) is 11.6 Å². The van der Waals surface area contributed by atoms with Crippen molar-refractivity contribution in [3.63, 3.8) is 0 Å². The lowest BCUT2D eigenvalue weighted by Gasteiger charge is -2.33. The molecular weight excluding hydrogens is 443 g/mol. The Balaban J connectivity index is 1.26. The minimum Gasteiger partial charge on any atom is -0.496 e. The number of piperidine rings is 1. The number of carbonyl (C=O) groups is 1. The number of ketones is 1. The van der Waals surface area contributed by atoms with Crippen LogP contribution >= 0.6 is 0 Å². The summed E-state index contributed by atoms with van der Waals surface area (Å²) in [5.41, 5.74) is 5.39. The minimum atomic E-state index is -0.248. The molecule has 2 aliphatic rings. The molecule has 182 valence electrons. The summed E-state index contributed by atoms with van der Waals surface area (Å²) < 4.78 is 21.7. The van der Waals surface area contributed by atoms with E-state index in [0.717, 1.165) is 60.4 Å². The van der Waals surface area contributed by atoms with E-state index in [2.05, 4.69) is 16.9 Å². The summed E-state index contributed by atoms with van der Waals surface area (Å²) in [4.78, 5) is 20.2. The Morgan fingerprint density at radius 2 is 2.14 bits per heavy atom. The molecule has 5 rings (SSSR count). The number of halogens is 1. The monoisotopic (exact) mass is 474 g/mol. The molecule has 0 amide bonds. The average molecular weight is 475 g/mol. The lowest BCUT2D eigenvalue weighted by Crippen LogP contribution is -2.36. The fourth-order valence-electron chi connectivity index (χ4n) is 5.21. The molecule has 0 N–H and O–H groups in total. The van der Waals surface area contributed by atoms with Crippen molar-refractivity contribution in [2.24, 2.45) is 10.9 Å². The summed E-state index contributed by atoms with van der Waals surface area (Å²) in [5.74, 6) is 0.725. The summed E-state index contributed by atoms with van der Waals surface area (Å²) >= 11 is 0. The maximum absolute atomic E-state index is 14.4. The van der Waals surface area contributed by atoms with Crippen molar-refractivity contribution in [2.45, 2.75) is 45.8 Å². The highest BCUT2D eigenvalue weighted by atomic mass is 19.1. The number of ether oxygens (including phenoxy) is 1. The largest absolute Gasteiger partial charge is 0.496 e. The highest BCUT2D eigenvalue weighted by Crippen LogP contribution is 2.29. The van der Waals surface area contributed by atoms with Crippen LogP contribution in [-0.2, 0) is 19.6 Å². The smallest absolute Gasteiger partial charge is 0.163 e. The predicted molar refractivity (Wildman–Crippen MR) is 134 cm³/mol. The first-order valence-electron chi connectivity index (χ1n) is 12.3. The van der Waals surface area contributed by atoms with Crippen LogP contribution in [-0.4, -0.2) is 46.4 Å². The van der Waals surface area contributed by atoms with E-state index in [4.69, 9.17) is 9.73 Å². The maximum atomic E-state index is 14.4. The first kappa shape index (κ1) is 23.4. The third kappa shape index (κ3) is 4.91. The summed E-state index contributed by atoms with van der Waals surface area (Å²) in [6.45, 7) is 5.65. The molecule has 0 spiro atoms. The standard InChI is InChI=1S/C28H31FN4O2/c1-3-33-17-22(15-31-33)28-23-13-20(9-10-21(23)14-30-28)26(34)12-19-6-5-11-32(16-19)18-24-25(29)7-4-8-27(24)35-2/h4,7-10,13,15,17,19H,3,5-6,11-12,14,16,18H2,1-2H3/t19-/m0/s1. The van der Waals surface area contributed by atoms with Gasteiger partial charge in [-0.3, -0.25) is 19.4 Å². The molecule has 0 aliphatic carbocycles. The predicted octanol–water partition coefficient (Wildman–Crippen LogP) is 4.89. The molecule has 7 heteroatoms. The second-order valence-corrected chi connectivity index (χ2v) is 9.41. The average Bonchev–Trinajstić information content (AvgIpc) is 3.52. The van der Waals surface area contributed by atoms with E-state index < -0.39 is 0 Å². The van der Waals surface area contributed by atoms with Gasteiger partial charge in [-0.25, -0.2) is 4.39 Å². The van der Waals surface area contributed by atoms with Gasteiger partial charge < -0.3 is 4.74 Å². The molecule has 0 bridgehead atoms. The second kappa shape index (κ2) is 10.1. The third-order valence-electron chi connectivity index (χ3n) is 7.08. The number of rotatable bonds is 8. The molecule has 0 unspecified atom stereocenters. The van der Waals surface area contributed by atoms with Gasteiger partial charge in [0.25, 0.3) is 0 Å². The lowest BCUT2D eigenvalue weighted by atomic mass is 9.89. The number of aryl methyl sites for hydroxylation is 1. The van der Waals surface area contributed by atoms with Gasteiger partial charge in [0.05, 0.1) is 25.6 Å². The first-order chi connectivity index (χ1) is 17.1. The van der Waals surface area contributed by atoms with Crippen LogP contribution in [0.4, 0.5) is 4.39 Å². The van der Waals surface area contributed by atoms with Crippen LogP contribution in [0.15, 0.2) is 53.8 Å². The summed E-state index contributed by atoms with van der Waals surface area (Å²) in [5, 5.41) is 4.37. The molecular formula is C28H31FN4O2. The third-order valence-corrected chi connectivity index (χ3v) is 7.08. The van der Waals surface area contributed by atoms with Crippen LogP contribution in [0.25, 0.3) is 0 Å². The van der Waals surface area contributed by atoms with Gasteiger partial charge in [-0.15, -0.1) is 0 Å². The molecule has 1 atom stereocenters. The van der Waals surface area contributed by atoms with Crippen LogP contribution in [0.5, 0.6) is 5.75 Å². The van der Waals surface area contributed by atoms with Gasteiger partial charge in [0.2, 0.25) is 0 Å².